The monoisotopic (exact) mass is 985 g/mol. The molecule has 3 unspecified atom stereocenters. The number of para-hydroxylation sites is 1. The van der Waals surface area contributed by atoms with Crippen molar-refractivity contribution < 1.29 is 68.0 Å². The molecule has 3 aliphatic rings. The third-order valence-electron chi connectivity index (χ3n) is 12.7. The van der Waals surface area contributed by atoms with E-state index in [1.807, 2.05) is 12.2 Å². The van der Waals surface area contributed by atoms with Gasteiger partial charge in [0.25, 0.3) is 0 Å². The van der Waals surface area contributed by atoms with Crippen molar-refractivity contribution in [1.82, 2.24) is 25.3 Å². The number of urea groups is 1. The lowest BCUT2D eigenvalue weighted by atomic mass is 9.65. The molecule has 0 bridgehead atoms. The molecule has 0 saturated heterocycles. The number of hydrogen-bond acceptors (Lipinski definition) is 8. The molecule has 364 valence electrons. The van der Waals surface area contributed by atoms with Crippen LogP contribution < -0.4 is 15.2 Å². The number of hydrogen-bond donors (Lipinski definition) is 3. The number of nitrogens with zero attached hydrogens (tertiary/aromatic N) is 3. The van der Waals surface area contributed by atoms with Crippen LogP contribution >= 0.6 is 7.82 Å². The summed E-state index contributed by atoms with van der Waals surface area (Å²) in [5.41, 5.74) is -5.64. The number of carbonyl (C=O) groups is 2. The Morgan fingerprint density at radius 3 is 2.19 bits per heavy atom. The first-order chi connectivity index (χ1) is 32.3. The second-order valence-electron chi connectivity index (χ2n) is 17.7. The normalized spacial score (nSPS) is 20.5. The number of alkyl carbamates (subject to hydrolysis) is 1. The average molecular weight is 986 g/mol. The van der Waals surface area contributed by atoms with Crippen molar-refractivity contribution in [2.24, 2.45) is 0 Å². The third-order valence-corrected chi connectivity index (χ3v) is 13.6. The molecule has 5 aromatic rings. The Morgan fingerprint density at radius 2 is 1.54 bits per heavy atom. The predicted molar refractivity (Wildman–Crippen MR) is 235 cm³/mol. The summed E-state index contributed by atoms with van der Waals surface area (Å²) in [5.74, 6) is -1.97. The van der Waals surface area contributed by atoms with Gasteiger partial charge in [-0.2, -0.15) is 31.4 Å². The molecule has 1 aliphatic carbocycles. The van der Waals surface area contributed by atoms with E-state index < -0.39 is 83.7 Å². The minimum absolute atomic E-state index is 0.0273. The highest BCUT2D eigenvalue weighted by molar-refractivity contribution is 7.47. The van der Waals surface area contributed by atoms with Crippen LogP contribution in [0.15, 0.2) is 109 Å². The lowest BCUT2D eigenvalue weighted by Crippen LogP contribution is -2.54. The van der Waals surface area contributed by atoms with Crippen LogP contribution in [0.2, 0.25) is 0 Å². The van der Waals surface area contributed by atoms with Gasteiger partial charge in [0.1, 0.15) is 29.5 Å². The van der Waals surface area contributed by atoms with Gasteiger partial charge in [-0.05, 0) is 86.7 Å². The second kappa shape index (κ2) is 17.6. The molecular weight excluding hydrogens is 942 g/mol. The number of benzene rings is 4. The first-order valence-corrected chi connectivity index (χ1v) is 22.9. The zero-order valence-electron chi connectivity index (χ0n) is 37.5. The number of nitrogens with one attached hydrogen (secondary N) is 2. The molecule has 3 atom stereocenters. The molecule has 0 radical (unpaired) electrons. The molecule has 1 aromatic heterocycles. The number of carbonyl (C=O) groups excluding carboxylic acids is 2. The molecular formula is C48H44F8N5O7P. The maximum Gasteiger partial charge on any atom is 0.527 e. The SMILES string of the molecule is CCc1cccc2c1-n1nc3c(c1C1(C)C(F)=CC(C)(NC(=O)NC(=O)OCc4ccc(OP(=O)(O)OCc5ccccc5)cc4)C(F)=C21)CN(Cc1ccc(C(F)(F)F)cc1C(F)(F)F)C3(C)C. The maximum absolute atomic E-state index is 17.6. The third kappa shape index (κ3) is 9.18. The van der Waals surface area contributed by atoms with E-state index in [4.69, 9.17) is 18.9 Å². The van der Waals surface area contributed by atoms with E-state index in [2.05, 4.69) is 5.32 Å². The van der Waals surface area contributed by atoms with E-state index in [0.29, 0.717) is 46.1 Å². The minimum Gasteiger partial charge on any atom is -0.444 e. The van der Waals surface area contributed by atoms with Crippen molar-refractivity contribution in [2.45, 2.75) is 96.2 Å². The van der Waals surface area contributed by atoms with E-state index >= 15 is 8.78 Å². The van der Waals surface area contributed by atoms with Crippen LogP contribution in [0.1, 0.15) is 90.5 Å². The summed E-state index contributed by atoms with van der Waals surface area (Å²) in [6.45, 7) is 6.61. The van der Waals surface area contributed by atoms with Gasteiger partial charge in [-0.15, -0.1) is 0 Å². The van der Waals surface area contributed by atoms with Gasteiger partial charge in [0.15, 0.2) is 0 Å². The van der Waals surface area contributed by atoms with Crippen molar-refractivity contribution in [3.8, 4) is 11.4 Å². The van der Waals surface area contributed by atoms with Crippen molar-refractivity contribution in [1.29, 1.82) is 0 Å². The van der Waals surface area contributed by atoms with Gasteiger partial charge >= 0.3 is 32.3 Å². The molecule has 4 aromatic carbocycles. The fraction of sp³-hybridized carbons (Fsp3) is 0.312. The number of halogens is 8. The van der Waals surface area contributed by atoms with Crippen LogP contribution in [0.25, 0.3) is 11.3 Å². The quantitative estimate of drug-likeness (QED) is 0.0870. The topological polar surface area (TPSA) is 144 Å². The maximum atomic E-state index is 17.6. The van der Waals surface area contributed by atoms with Crippen LogP contribution in [0.4, 0.5) is 44.7 Å². The van der Waals surface area contributed by atoms with Gasteiger partial charge in [0, 0.05) is 29.8 Å². The molecule has 8 rings (SSSR count). The smallest absolute Gasteiger partial charge is 0.444 e. The predicted octanol–water partition coefficient (Wildman–Crippen LogP) is 11.6. The van der Waals surface area contributed by atoms with Crippen LogP contribution in [0.5, 0.6) is 5.75 Å². The fourth-order valence-corrected chi connectivity index (χ4v) is 9.85. The van der Waals surface area contributed by atoms with E-state index in [9.17, 15) is 45.4 Å². The van der Waals surface area contributed by atoms with Gasteiger partial charge in [-0.25, -0.2) is 32.9 Å². The molecule has 0 fully saturated rings. The molecule has 12 nitrogen and oxygen atoms in total. The Morgan fingerprint density at radius 1 is 0.855 bits per heavy atom. The lowest BCUT2D eigenvalue weighted by Gasteiger charge is -2.44. The van der Waals surface area contributed by atoms with Crippen LogP contribution in [0.3, 0.4) is 0 Å². The Kier molecular flexibility index (Phi) is 12.5. The Bertz CT molecular complexity index is 2970. The summed E-state index contributed by atoms with van der Waals surface area (Å²) >= 11 is 0. The van der Waals surface area contributed by atoms with Gasteiger partial charge in [-0.3, -0.25) is 14.3 Å². The zero-order valence-corrected chi connectivity index (χ0v) is 38.4. The average Bonchev–Trinajstić information content (AvgIpc) is 3.78. The van der Waals surface area contributed by atoms with E-state index in [0.717, 1.165) is 12.1 Å². The summed E-state index contributed by atoms with van der Waals surface area (Å²) < 4.78 is 148. The summed E-state index contributed by atoms with van der Waals surface area (Å²) in [6, 6.07) is 19.4. The number of imide groups is 1. The number of fused-ring (bicyclic) bond motifs is 8. The van der Waals surface area contributed by atoms with Crippen molar-refractivity contribution in [3.63, 3.8) is 0 Å². The number of ether oxygens (including phenoxy) is 1. The van der Waals surface area contributed by atoms with Gasteiger partial charge in [0.05, 0.1) is 45.8 Å². The minimum atomic E-state index is -5.13. The van der Waals surface area contributed by atoms with Gasteiger partial charge in [-0.1, -0.05) is 73.7 Å². The van der Waals surface area contributed by atoms with Gasteiger partial charge < -0.3 is 14.6 Å². The summed E-state index contributed by atoms with van der Waals surface area (Å²) in [5, 5.41) is 9.21. The zero-order chi connectivity index (χ0) is 50.1. The Hall–Kier alpha value is -6.34. The van der Waals surface area contributed by atoms with Crippen LogP contribution in [-0.2, 0) is 69.9 Å². The molecule has 3 amide bonds. The van der Waals surface area contributed by atoms with Crippen LogP contribution in [0, 0.1) is 0 Å². The number of allylic oxidation sites excluding steroid dienone is 2. The number of alkyl halides is 6. The van der Waals surface area contributed by atoms with Crippen LogP contribution in [-0.4, -0.2) is 37.2 Å². The first-order valence-electron chi connectivity index (χ1n) is 21.4. The Labute approximate surface area is 390 Å². The highest BCUT2D eigenvalue weighted by Gasteiger charge is 2.57. The standard InChI is InChI=1S/C48H44F8N5O7P/c1-6-29-13-10-14-33-37-39(50)45(4,58-42(62)57-43(63)66-25-28-15-19-32(20-16-28)68-69(64,65)67-26-27-11-8-7-9-12-27)22-36(49)46(37,5)41-34-24-60(44(2,3)40(34)59-61(41)38(29)33)23-30-17-18-31(47(51,52)53)21-35(30)48(54,55)56/h7-22H,6,23-26H2,1-5H3,(H,64,65)(H2,57,58,62,63). The number of amides is 3. The highest BCUT2D eigenvalue weighted by Crippen LogP contribution is 2.59. The van der Waals surface area contributed by atoms with Crippen molar-refractivity contribution in [2.75, 3.05) is 0 Å². The Balaban J connectivity index is 1.02. The molecule has 21 heteroatoms. The highest BCUT2D eigenvalue weighted by atomic mass is 31.2. The number of aromatic nitrogens is 2. The van der Waals surface area contributed by atoms with E-state index in [-0.39, 0.29) is 48.4 Å². The van der Waals surface area contributed by atoms with Crippen molar-refractivity contribution in [3.05, 3.63) is 165 Å². The molecule has 69 heavy (non-hydrogen) atoms. The second-order valence-corrected chi connectivity index (χ2v) is 19.0. The number of phosphoric acid groups is 1. The number of phosphoric ester groups is 1. The summed E-state index contributed by atoms with van der Waals surface area (Å²) in [4.78, 5) is 37.8. The molecule has 0 saturated carbocycles. The molecule has 3 N–H and O–H groups in total. The number of rotatable bonds is 11. The van der Waals surface area contributed by atoms with E-state index in [1.165, 1.54) is 42.8 Å². The van der Waals surface area contributed by atoms with E-state index in [1.54, 1.807) is 67.3 Å². The summed E-state index contributed by atoms with van der Waals surface area (Å²) in [6.07, 6.45) is -10.2. The molecule has 3 heterocycles. The van der Waals surface area contributed by atoms with Crippen molar-refractivity contribution >= 4 is 25.5 Å². The largest absolute Gasteiger partial charge is 0.527 e. The summed E-state index contributed by atoms with van der Waals surface area (Å²) in [7, 11) is -4.50. The molecule has 0 spiro atoms. The first kappa shape index (κ1) is 49.1. The molecule has 2 aliphatic heterocycles. The lowest BCUT2D eigenvalue weighted by molar-refractivity contribution is -0.143. The fourth-order valence-electron chi connectivity index (χ4n) is 9.10. The number of aryl methyl sites for hydroxylation is 1. The van der Waals surface area contributed by atoms with Gasteiger partial charge in [0.2, 0.25) is 0 Å².